The van der Waals surface area contributed by atoms with Crippen molar-refractivity contribution in [2.24, 2.45) is 0 Å². The highest BCUT2D eigenvalue weighted by Crippen LogP contribution is 2.22. The summed E-state index contributed by atoms with van der Waals surface area (Å²) < 4.78 is 3.13. The Balaban J connectivity index is 1.57. The largest absolute Gasteiger partial charge is 0.304 e. The van der Waals surface area contributed by atoms with E-state index >= 15 is 0 Å². The van der Waals surface area contributed by atoms with E-state index in [4.69, 9.17) is 23.2 Å². The molecule has 0 unspecified atom stereocenters. The molecule has 1 aromatic carbocycles. The fourth-order valence-corrected chi connectivity index (χ4v) is 3.02. The van der Waals surface area contributed by atoms with Gasteiger partial charge in [0.15, 0.2) is 0 Å². The number of aromatic nitrogens is 6. The summed E-state index contributed by atoms with van der Waals surface area (Å²) in [5, 5.41) is 12.3. The molecule has 3 aromatic heterocycles. The first-order chi connectivity index (χ1) is 13.0. The van der Waals surface area contributed by atoms with Gasteiger partial charge in [-0.05, 0) is 30.7 Å². The average Bonchev–Trinajstić information content (AvgIpc) is 3.25. The second-order valence-electron chi connectivity index (χ2n) is 5.80. The number of amides is 1. The minimum atomic E-state index is -0.455. The molecule has 0 aliphatic rings. The lowest BCUT2D eigenvalue weighted by Crippen LogP contribution is -2.17. The zero-order valence-corrected chi connectivity index (χ0v) is 15.6. The first-order valence-electron chi connectivity index (χ1n) is 7.97. The summed E-state index contributed by atoms with van der Waals surface area (Å²) in [4.78, 5) is 20.8. The molecular weight excluding hydrogens is 389 g/mol. The van der Waals surface area contributed by atoms with Crippen molar-refractivity contribution in [2.75, 3.05) is 5.32 Å². The van der Waals surface area contributed by atoms with Gasteiger partial charge in [-0.25, -0.2) is 14.2 Å². The molecule has 0 saturated heterocycles. The van der Waals surface area contributed by atoms with Crippen LogP contribution in [0.3, 0.4) is 0 Å². The molecule has 0 radical (unpaired) electrons. The Hall–Kier alpha value is -2.97. The van der Waals surface area contributed by atoms with Crippen LogP contribution in [-0.2, 0) is 6.54 Å². The van der Waals surface area contributed by atoms with E-state index in [-0.39, 0.29) is 5.82 Å². The monoisotopic (exact) mass is 401 g/mol. The summed E-state index contributed by atoms with van der Waals surface area (Å²) in [6, 6.07) is 8.70. The predicted octanol–water partition coefficient (Wildman–Crippen LogP) is 3.24. The molecule has 0 aliphatic heterocycles. The zero-order valence-electron chi connectivity index (χ0n) is 14.1. The van der Waals surface area contributed by atoms with Crippen molar-refractivity contribution in [3.05, 3.63) is 69.9 Å². The van der Waals surface area contributed by atoms with Gasteiger partial charge in [-0.1, -0.05) is 29.3 Å². The average molecular weight is 402 g/mol. The summed E-state index contributed by atoms with van der Waals surface area (Å²) in [5.41, 5.74) is 1.65. The van der Waals surface area contributed by atoms with Gasteiger partial charge in [0.2, 0.25) is 5.82 Å². The lowest BCUT2D eigenvalue weighted by Gasteiger charge is -2.09. The number of hydrogen-bond acceptors (Lipinski definition) is 5. The number of carbonyl (C=O) groups is 1. The summed E-state index contributed by atoms with van der Waals surface area (Å²) >= 11 is 12.1. The second-order valence-corrected chi connectivity index (χ2v) is 6.64. The fraction of sp³-hybridized carbons (Fsp3) is 0.118. The number of nitrogens with zero attached hydrogens (tertiary/aromatic N) is 6. The molecule has 4 rings (SSSR count). The summed E-state index contributed by atoms with van der Waals surface area (Å²) in [6.07, 6.45) is 3.20. The molecule has 3 heterocycles. The Morgan fingerprint density at radius 3 is 2.81 bits per heavy atom. The lowest BCUT2D eigenvalue weighted by molar-refractivity contribution is 0.101. The van der Waals surface area contributed by atoms with Crippen LogP contribution in [0.15, 0.2) is 42.7 Å². The molecule has 0 bridgehead atoms. The predicted molar refractivity (Wildman–Crippen MR) is 101 cm³/mol. The van der Waals surface area contributed by atoms with Crippen LogP contribution in [0, 0.1) is 6.92 Å². The van der Waals surface area contributed by atoms with Gasteiger partial charge in [-0.2, -0.15) is 10.1 Å². The Morgan fingerprint density at radius 2 is 2.04 bits per heavy atom. The van der Waals surface area contributed by atoms with E-state index in [2.05, 4.69) is 25.5 Å². The number of nitrogens with one attached hydrogen (secondary N) is 1. The highest BCUT2D eigenvalue weighted by atomic mass is 35.5. The van der Waals surface area contributed by atoms with Crippen molar-refractivity contribution < 1.29 is 4.79 Å². The molecule has 0 fully saturated rings. The molecule has 1 N–H and O–H groups in total. The van der Waals surface area contributed by atoms with Crippen molar-refractivity contribution in [1.29, 1.82) is 0 Å². The van der Waals surface area contributed by atoms with Gasteiger partial charge in [0.1, 0.15) is 5.82 Å². The summed E-state index contributed by atoms with van der Waals surface area (Å²) in [6.45, 7) is 2.23. The van der Waals surface area contributed by atoms with Crippen LogP contribution in [0.5, 0.6) is 0 Å². The normalized spacial score (nSPS) is 11.1. The maximum atomic E-state index is 12.5. The standard InChI is InChI=1S/C17H13Cl2N7O/c1-10-4-6-20-17-23-15(24-26(10)17)16(27)22-14-5-7-21-25(14)9-11-2-3-12(18)8-13(11)19/h2-8H,9H2,1H3,(H,22,27). The van der Waals surface area contributed by atoms with E-state index in [1.165, 1.54) is 4.52 Å². The number of halogens is 2. The number of benzene rings is 1. The quantitative estimate of drug-likeness (QED) is 0.566. The third-order valence-corrected chi connectivity index (χ3v) is 4.51. The van der Waals surface area contributed by atoms with Crippen LogP contribution >= 0.6 is 23.2 Å². The second kappa shape index (κ2) is 6.98. The Bertz CT molecular complexity index is 1150. The van der Waals surface area contributed by atoms with Crippen molar-refractivity contribution in [3.8, 4) is 0 Å². The van der Waals surface area contributed by atoms with Gasteiger partial charge in [0.05, 0.1) is 12.7 Å². The highest BCUT2D eigenvalue weighted by molar-refractivity contribution is 6.35. The maximum absolute atomic E-state index is 12.5. The Kier molecular flexibility index (Phi) is 4.51. The van der Waals surface area contributed by atoms with Crippen molar-refractivity contribution in [1.82, 2.24) is 29.4 Å². The molecule has 0 atom stereocenters. The van der Waals surface area contributed by atoms with Crippen LogP contribution in [0.4, 0.5) is 5.82 Å². The van der Waals surface area contributed by atoms with Gasteiger partial charge in [0.25, 0.3) is 11.7 Å². The van der Waals surface area contributed by atoms with Crippen molar-refractivity contribution in [2.45, 2.75) is 13.5 Å². The molecule has 0 spiro atoms. The van der Waals surface area contributed by atoms with Crippen LogP contribution in [-0.4, -0.2) is 35.3 Å². The lowest BCUT2D eigenvalue weighted by atomic mass is 10.2. The van der Waals surface area contributed by atoms with Gasteiger partial charge < -0.3 is 5.32 Å². The smallest absolute Gasteiger partial charge is 0.296 e. The van der Waals surface area contributed by atoms with Gasteiger partial charge >= 0.3 is 0 Å². The summed E-state index contributed by atoms with van der Waals surface area (Å²) in [7, 11) is 0. The highest BCUT2D eigenvalue weighted by Gasteiger charge is 2.16. The van der Waals surface area contributed by atoms with Gasteiger partial charge in [0, 0.05) is 28.0 Å². The Morgan fingerprint density at radius 1 is 1.19 bits per heavy atom. The third-order valence-electron chi connectivity index (χ3n) is 3.93. The van der Waals surface area contributed by atoms with E-state index in [9.17, 15) is 4.79 Å². The van der Waals surface area contributed by atoms with Crippen molar-refractivity contribution >= 4 is 40.7 Å². The third kappa shape index (κ3) is 3.49. The number of rotatable bonds is 4. The molecule has 8 nitrogen and oxygen atoms in total. The van der Waals surface area contributed by atoms with Crippen LogP contribution in [0.1, 0.15) is 21.9 Å². The van der Waals surface area contributed by atoms with E-state index < -0.39 is 5.91 Å². The molecule has 27 heavy (non-hydrogen) atoms. The molecular formula is C17H13Cl2N7O. The number of aryl methyl sites for hydroxylation is 1. The number of hydrogen-bond donors (Lipinski definition) is 1. The molecule has 136 valence electrons. The minimum absolute atomic E-state index is 0.0223. The Labute approximate surface area is 163 Å². The molecule has 4 aromatic rings. The van der Waals surface area contributed by atoms with E-state index in [1.807, 2.05) is 13.0 Å². The minimum Gasteiger partial charge on any atom is -0.304 e. The van der Waals surface area contributed by atoms with Gasteiger partial charge in [-0.3, -0.25) is 4.79 Å². The molecule has 10 heteroatoms. The van der Waals surface area contributed by atoms with E-state index in [1.54, 1.807) is 41.3 Å². The summed E-state index contributed by atoms with van der Waals surface area (Å²) in [5.74, 6) is 0.425. The van der Waals surface area contributed by atoms with Crippen LogP contribution in [0.25, 0.3) is 5.78 Å². The van der Waals surface area contributed by atoms with E-state index in [0.717, 1.165) is 11.3 Å². The van der Waals surface area contributed by atoms with Crippen molar-refractivity contribution in [3.63, 3.8) is 0 Å². The molecule has 0 saturated carbocycles. The topological polar surface area (TPSA) is 90.0 Å². The fourth-order valence-electron chi connectivity index (χ4n) is 2.55. The number of carbonyl (C=O) groups excluding carboxylic acids is 1. The van der Waals surface area contributed by atoms with Crippen LogP contribution in [0.2, 0.25) is 10.0 Å². The SMILES string of the molecule is Cc1ccnc2nc(C(=O)Nc3ccnn3Cc3ccc(Cl)cc3Cl)nn12. The number of fused-ring (bicyclic) bond motifs is 1. The first-order valence-corrected chi connectivity index (χ1v) is 8.72. The van der Waals surface area contributed by atoms with Crippen LogP contribution < -0.4 is 5.32 Å². The van der Waals surface area contributed by atoms with E-state index in [0.29, 0.717) is 28.2 Å². The molecule has 0 aliphatic carbocycles. The zero-order chi connectivity index (χ0) is 19.0. The van der Waals surface area contributed by atoms with Gasteiger partial charge in [-0.15, -0.1) is 5.10 Å². The maximum Gasteiger partial charge on any atom is 0.296 e. The molecule has 1 amide bonds. The first kappa shape index (κ1) is 17.4. The number of anilines is 1.